The van der Waals surface area contributed by atoms with Crippen molar-refractivity contribution in [1.82, 2.24) is 5.32 Å². The van der Waals surface area contributed by atoms with Gasteiger partial charge in [0.05, 0.1) is 0 Å². The van der Waals surface area contributed by atoms with Crippen molar-refractivity contribution in [2.45, 2.75) is 26.8 Å². The van der Waals surface area contributed by atoms with E-state index in [1.54, 1.807) is 4.90 Å². The topological polar surface area (TPSA) is 49.4 Å². The molecule has 1 saturated heterocycles. The van der Waals surface area contributed by atoms with Crippen LogP contribution in [0.3, 0.4) is 0 Å². The van der Waals surface area contributed by atoms with E-state index in [1.807, 2.05) is 39.0 Å². The normalized spacial score (nSPS) is 19.8. The van der Waals surface area contributed by atoms with Crippen LogP contribution < -0.4 is 10.2 Å². The Morgan fingerprint density at radius 2 is 2.05 bits per heavy atom. The number of aryl methyl sites for hydroxylation is 1. The van der Waals surface area contributed by atoms with Gasteiger partial charge in [-0.15, -0.1) is 0 Å². The molecule has 2 amide bonds. The van der Waals surface area contributed by atoms with Gasteiger partial charge in [0.15, 0.2) is 0 Å². The molecular weight excluding hydrogens is 308 g/mol. The van der Waals surface area contributed by atoms with Crippen molar-refractivity contribution in [3.8, 4) is 0 Å². The third kappa shape index (κ3) is 2.81. The van der Waals surface area contributed by atoms with E-state index in [4.69, 9.17) is 0 Å². The fraction of sp³-hybridized carbons (Fsp3) is 0.429. The lowest BCUT2D eigenvalue weighted by Gasteiger charge is -2.35. The minimum atomic E-state index is -0.445. The number of anilines is 1. The second-order valence-electron chi connectivity index (χ2n) is 5.14. The Bertz CT molecular complexity index is 528. The fourth-order valence-corrected chi connectivity index (χ4v) is 2.55. The van der Waals surface area contributed by atoms with Crippen molar-refractivity contribution in [3.63, 3.8) is 0 Å². The molecule has 1 unspecified atom stereocenters. The molecule has 0 spiro atoms. The highest BCUT2D eigenvalue weighted by molar-refractivity contribution is 9.10. The number of benzene rings is 1. The standard InChI is InChI=1S/C14H17BrN2O2/c1-8(2)13-14(19)17(7-12(18)16-13)11-6-10(15)5-4-9(11)3/h4-6,8,13H,7H2,1-3H3,(H,16,18). The number of nitrogens with one attached hydrogen (secondary N) is 1. The van der Waals surface area contributed by atoms with Gasteiger partial charge in [0.2, 0.25) is 11.8 Å². The van der Waals surface area contributed by atoms with Gasteiger partial charge in [0.1, 0.15) is 12.6 Å². The van der Waals surface area contributed by atoms with Crippen molar-refractivity contribution in [2.75, 3.05) is 11.4 Å². The third-order valence-corrected chi connectivity index (χ3v) is 3.77. The van der Waals surface area contributed by atoms with Crippen LogP contribution in [0, 0.1) is 12.8 Å². The first-order chi connectivity index (χ1) is 8.90. The molecule has 5 heteroatoms. The average molecular weight is 325 g/mol. The summed E-state index contributed by atoms with van der Waals surface area (Å²) in [6.45, 7) is 5.88. The molecule has 0 aromatic heterocycles. The quantitative estimate of drug-likeness (QED) is 0.907. The van der Waals surface area contributed by atoms with Gasteiger partial charge in [0, 0.05) is 10.2 Å². The summed E-state index contributed by atoms with van der Waals surface area (Å²) in [4.78, 5) is 25.8. The SMILES string of the molecule is Cc1ccc(Br)cc1N1CC(=O)NC(C(C)C)C1=O. The van der Waals surface area contributed by atoms with Gasteiger partial charge in [-0.05, 0) is 30.5 Å². The maximum atomic E-state index is 12.5. The van der Waals surface area contributed by atoms with Gasteiger partial charge in [0.25, 0.3) is 0 Å². The molecular formula is C14H17BrN2O2. The number of rotatable bonds is 2. The molecule has 1 heterocycles. The van der Waals surface area contributed by atoms with Crippen LogP contribution in [0.15, 0.2) is 22.7 Å². The van der Waals surface area contributed by atoms with Gasteiger partial charge in [-0.3, -0.25) is 9.59 Å². The average Bonchev–Trinajstić information content (AvgIpc) is 2.34. The van der Waals surface area contributed by atoms with Crippen LogP contribution in [0.25, 0.3) is 0 Å². The summed E-state index contributed by atoms with van der Waals surface area (Å²) >= 11 is 3.40. The van der Waals surface area contributed by atoms with Gasteiger partial charge in [-0.2, -0.15) is 0 Å². The molecule has 1 fully saturated rings. The molecule has 0 saturated carbocycles. The number of carbonyl (C=O) groups excluding carboxylic acids is 2. The Kier molecular flexibility index (Phi) is 3.94. The molecule has 1 atom stereocenters. The second-order valence-corrected chi connectivity index (χ2v) is 6.06. The van der Waals surface area contributed by atoms with E-state index < -0.39 is 6.04 Å². The van der Waals surface area contributed by atoms with Crippen LogP contribution in [0.4, 0.5) is 5.69 Å². The molecule has 1 N–H and O–H groups in total. The van der Waals surface area contributed by atoms with E-state index >= 15 is 0 Å². The van der Waals surface area contributed by atoms with E-state index in [1.165, 1.54) is 0 Å². The van der Waals surface area contributed by atoms with Crippen LogP contribution in [-0.4, -0.2) is 24.4 Å². The van der Waals surface area contributed by atoms with Crippen molar-refractivity contribution in [3.05, 3.63) is 28.2 Å². The lowest BCUT2D eigenvalue weighted by Crippen LogP contribution is -2.60. The van der Waals surface area contributed by atoms with Gasteiger partial charge >= 0.3 is 0 Å². The number of hydrogen-bond acceptors (Lipinski definition) is 2. The molecule has 1 aliphatic rings. The monoisotopic (exact) mass is 324 g/mol. The summed E-state index contributed by atoms with van der Waals surface area (Å²) in [6.07, 6.45) is 0. The lowest BCUT2D eigenvalue weighted by atomic mass is 10.00. The number of carbonyl (C=O) groups is 2. The Labute approximate surface area is 121 Å². The molecule has 2 rings (SSSR count). The van der Waals surface area contributed by atoms with Crippen LogP contribution in [0.1, 0.15) is 19.4 Å². The Morgan fingerprint density at radius 3 is 2.68 bits per heavy atom. The van der Waals surface area contributed by atoms with Gasteiger partial charge < -0.3 is 10.2 Å². The van der Waals surface area contributed by atoms with Crippen LogP contribution in [0.5, 0.6) is 0 Å². The highest BCUT2D eigenvalue weighted by Crippen LogP contribution is 2.27. The molecule has 102 valence electrons. The van der Waals surface area contributed by atoms with E-state index in [0.29, 0.717) is 0 Å². The molecule has 0 aliphatic carbocycles. The van der Waals surface area contributed by atoms with Crippen molar-refractivity contribution in [1.29, 1.82) is 0 Å². The number of halogens is 1. The summed E-state index contributed by atoms with van der Waals surface area (Å²) in [5.74, 6) is -0.0832. The molecule has 0 radical (unpaired) electrons. The summed E-state index contributed by atoms with van der Waals surface area (Å²) in [6, 6.07) is 5.29. The van der Waals surface area contributed by atoms with Crippen LogP contribution >= 0.6 is 15.9 Å². The molecule has 4 nitrogen and oxygen atoms in total. The van der Waals surface area contributed by atoms with E-state index in [9.17, 15) is 9.59 Å². The molecule has 1 aliphatic heterocycles. The van der Waals surface area contributed by atoms with Crippen LogP contribution in [0.2, 0.25) is 0 Å². The second kappa shape index (κ2) is 5.33. The first kappa shape index (κ1) is 14.1. The highest BCUT2D eigenvalue weighted by Gasteiger charge is 2.35. The zero-order valence-corrected chi connectivity index (χ0v) is 12.8. The Hall–Kier alpha value is -1.36. The van der Waals surface area contributed by atoms with E-state index in [0.717, 1.165) is 15.7 Å². The largest absolute Gasteiger partial charge is 0.342 e. The number of amides is 2. The maximum absolute atomic E-state index is 12.5. The summed E-state index contributed by atoms with van der Waals surface area (Å²) < 4.78 is 0.896. The Balaban J connectivity index is 2.40. The van der Waals surface area contributed by atoms with Crippen molar-refractivity contribution in [2.24, 2.45) is 5.92 Å². The molecule has 19 heavy (non-hydrogen) atoms. The van der Waals surface area contributed by atoms with Gasteiger partial charge in [-0.1, -0.05) is 35.8 Å². The number of hydrogen-bond donors (Lipinski definition) is 1. The molecule has 1 aromatic carbocycles. The minimum Gasteiger partial charge on any atom is -0.342 e. The van der Waals surface area contributed by atoms with Crippen molar-refractivity contribution < 1.29 is 9.59 Å². The maximum Gasteiger partial charge on any atom is 0.250 e. The van der Waals surface area contributed by atoms with E-state index in [2.05, 4.69) is 21.2 Å². The zero-order chi connectivity index (χ0) is 14.2. The smallest absolute Gasteiger partial charge is 0.250 e. The highest BCUT2D eigenvalue weighted by atomic mass is 79.9. The molecule has 0 bridgehead atoms. The summed E-state index contributed by atoms with van der Waals surface area (Å²) in [7, 11) is 0. The van der Waals surface area contributed by atoms with Crippen LogP contribution in [-0.2, 0) is 9.59 Å². The first-order valence-corrected chi connectivity index (χ1v) is 7.06. The predicted octanol–water partition coefficient (Wildman–Crippen LogP) is 2.24. The third-order valence-electron chi connectivity index (χ3n) is 3.28. The first-order valence-electron chi connectivity index (χ1n) is 6.27. The molecule has 1 aromatic rings. The zero-order valence-electron chi connectivity index (χ0n) is 11.2. The predicted molar refractivity (Wildman–Crippen MR) is 78.0 cm³/mol. The summed E-state index contributed by atoms with van der Waals surface area (Å²) in [5.41, 5.74) is 1.77. The Morgan fingerprint density at radius 1 is 1.37 bits per heavy atom. The van der Waals surface area contributed by atoms with Gasteiger partial charge in [-0.25, -0.2) is 0 Å². The summed E-state index contributed by atoms with van der Waals surface area (Å²) in [5, 5.41) is 2.76. The lowest BCUT2D eigenvalue weighted by molar-refractivity contribution is -0.132. The minimum absolute atomic E-state index is 0.0456. The fourth-order valence-electron chi connectivity index (χ4n) is 2.20. The number of piperazine rings is 1. The van der Waals surface area contributed by atoms with E-state index in [-0.39, 0.29) is 24.3 Å². The number of nitrogens with zero attached hydrogens (tertiary/aromatic N) is 1. The van der Waals surface area contributed by atoms with Crippen molar-refractivity contribution >= 4 is 33.4 Å².